The predicted octanol–water partition coefficient (Wildman–Crippen LogP) is 3.50. The molecule has 1 aromatic heterocycles. The lowest BCUT2D eigenvalue weighted by atomic mass is 10.1. The number of hydrogen-bond acceptors (Lipinski definition) is 7. The number of nitro benzene ring substituents is 1. The fourth-order valence-corrected chi connectivity index (χ4v) is 3.26. The molecule has 2 rings (SSSR count). The molecule has 0 bridgehead atoms. The lowest BCUT2D eigenvalue weighted by Crippen LogP contribution is -2.18. The zero-order valence-corrected chi connectivity index (χ0v) is 13.6. The predicted molar refractivity (Wildman–Crippen MR) is 82.1 cm³/mol. The average molecular weight is 378 g/mol. The molecule has 0 radical (unpaired) electrons. The Morgan fingerprint density at radius 2 is 2.12 bits per heavy atom. The minimum absolute atomic E-state index is 0.164. The van der Waals surface area contributed by atoms with Gasteiger partial charge in [0, 0.05) is 12.1 Å². The van der Waals surface area contributed by atoms with Gasteiger partial charge in [-0.1, -0.05) is 23.1 Å². The van der Waals surface area contributed by atoms with Crippen LogP contribution in [0.15, 0.2) is 22.5 Å². The summed E-state index contributed by atoms with van der Waals surface area (Å²) in [6, 6.07) is 2.14. The zero-order chi connectivity index (χ0) is 17.9. The van der Waals surface area contributed by atoms with Gasteiger partial charge in [-0.3, -0.25) is 14.9 Å². The van der Waals surface area contributed by atoms with E-state index in [0.717, 1.165) is 23.9 Å². The SMILES string of the molecule is Cc1nnc(SCC(=O)Nc2ccc([N+](=O)[O-])cc2C(F)(F)F)s1. The molecule has 0 aliphatic carbocycles. The summed E-state index contributed by atoms with van der Waals surface area (Å²) in [5.74, 6) is -0.852. The molecule has 0 aliphatic heterocycles. The first-order valence-corrected chi connectivity index (χ1v) is 8.05. The number of benzene rings is 1. The molecule has 24 heavy (non-hydrogen) atoms. The smallest absolute Gasteiger partial charge is 0.325 e. The Morgan fingerprint density at radius 3 is 2.67 bits per heavy atom. The molecule has 0 aliphatic rings. The van der Waals surface area contributed by atoms with Gasteiger partial charge in [-0.2, -0.15) is 13.2 Å². The van der Waals surface area contributed by atoms with E-state index in [1.807, 2.05) is 0 Å². The largest absolute Gasteiger partial charge is 0.418 e. The van der Waals surface area contributed by atoms with Crippen LogP contribution in [0.3, 0.4) is 0 Å². The maximum absolute atomic E-state index is 13.0. The zero-order valence-electron chi connectivity index (χ0n) is 12.0. The number of amides is 1. The summed E-state index contributed by atoms with van der Waals surface area (Å²) in [6.07, 6.45) is -4.84. The van der Waals surface area contributed by atoms with Gasteiger partial charge in [0.2, 0.25) is 5.91 Å². The molecule has 0 spiro atoms. The third-order valence-electron chi connectivity index (χ3n) is 2.63. The molecule has 1 heterocycles. The molecule has 0 atom stereocenters. The van der Waals surface area contributed by atoms with Crippen LogP contribution in [-0.4, -0.2) is 26.8 Å². The van der Waals surface area contributed by atoms with Crippen molar-refractivity contribution in [2.24, 2.45) is 0 Å². The van der Waals surface area contributed by atoms with Crippen molar-refractivity contribution >= 4 is 40.4 Å². The fraction of sp³-hybridized carbons (Fsp3) is 0.250. The maximum atomic E-state index is 13.0. The number of hydrogen-bond donors (Lipinski definition) is 1. The van der Waals surface area contributed by atoms with Crippen molar-refractivity contribution in [3.8, 4) is 0 Å². The van der Waals surface area contributed by atoms with Crippen molar-refractivity contribution in [1.82, 2.24) is 10.2 Å². The van der Waals surface area contributed by atoms with Crippen LogP contribution >= 0.6 is 23.1 Å². The number of carbonyl (C=O) groups is 1. The van der Waals surface area contributed by atoms with Crippen molar-refractivity contribution in [3.05, 3.63) is 38.9 Å². The highest BCUT2D eigenvalue weighted by molar-refractivity contribution is 8.01. The summed E-state index contributed by atoms with van der Waals surface area (Å²) < 4.78 is 39.5. The van der Waals surface area contributed by atoms with E-state index in [1.165, 1.54) is 11.3 Å². The summed E-state index contributed by atoms with van der Waals surface area (Å²) in [6.45, 7) is 1.73. The molecule has 7 nitrogen and oxygen atoms in total. The molecule has 0 unspecified atom stereocenters. The number of nitrogens with zero attached hydrogens (tertiary/aromatic N) is 3. The molecule has 2 aromatic rings. The van der Waals surface area contributed by atoms with Gasteiger partial charge in [0.25, 0.3) is 5.69 Å². The number of nitrogens with one attached hydrogen (secondary N) is 1. The van der Waals surface area contributed by atoms with Gasteiger partial charge >= 0.3 is 6.18 Å². The number of anilines is 1. The number of halogens is 3. The quantitative estimate of drug-likeness (QED) is 0.486. The Labute approximate surface area is 141 Å². The Kier molecular flexibility index (Phi) is 5.39. The van der Waals surface area contributed by atoms with E-state index in [-0.39, 0.29) is 5.75 Å². The molecule has 12 heteroatoms. The van der Waals surface area contributed by atoms with E-state index in [4.69, 9.17) is 0 Å². The highest BCUT2D eigenvalue weighted by Crippen LogP contribution is 2.37. The molecule has 0 fully saturated rings. The molecular weight excluding hydrogens is 369 g/mol. The summed E-state index contributed by atoms with van der Waals surface area (Å²) in [5, 5.41) is 21.0. The molecule has 0 saturated carbocycles. The van der Waals surface area contributed by atoms with E-state index >= 15 is 0 Å². The number of alkyl halides is 3. The molecule has 128 valence electrons. The normalized spacial score (nSPS) is 11.3. The van der Waals surface area contributed by atoms with Crippen LogP contribution in [0.2, 0.25) is 0 Å². The topological polar surface area (TPSA) is 98.0 Å². The van der Waals surface area contributed by atoms with Gasteiger partial charge in [0.15, 0.2) is 4.34 Å². The van der Waals surface area contributed by atoms with Crippen molar-refractivity contribution in [3.63, 3.8) is 0 Å². The minimum atomic E-state index is -4.84. The van der Waals surface area contributed by atoms with E-state index < -0.39 is 33.9 Å². The summed E-state index contributed by atoms with van der Waals surface area (Å²) in [5.41, 5.74) is -2.52. The van der Waals surface area contributed by atoms with Crippen molar-refractivity contribution < 1.29 is 22.9 Å². The average Bonchev–Trinajstić information content (AvgIpc) is 2.90. The van der Waals surface area contributed by atoms with E-state index in [2.05, 4.69) is 15.5 Å². The van der Waals surface area contributed by atoms with Crippen LogP contribution in [0.1, 0.15) is 10.6 Å². The van der Waals surface area contributed by atoms with E-state index in [0.29, 0.717) is 15.4 Å². The van der Waals surface area contributed by atoms with Crippen LogP contribution in [0.4, 0.5) is 24.5 Å². The van der Waals surface area contributed by atoms with Crippen molar-refractivity contribution in [2.45, 2.75) is 17.4 Å². The highest BCUT2D eigenvalue weighted by atomic mass is 32.2. The van der Waals surface area contributed by atoms with Gasteiger partial charge in [-0.15, -0.1) is 10.2 Å². The van der Waals surface area contributed by atoms with Crippen LogP contribution < -0.4 is 5.32 Å². The summed E-state index contributed by atoms with van der Waals surface area (Å²) in [4.78, 5) is 21.5. The number of carbonyl (C=O) groups excluding carboxylic acids is 1. The molecule has 1 aromatic carbocycles. The summed E-state index contributed by atoms with van der Waals surface area (Å²) in [7, 11) is 0. The number of non-ortho nitro benzene ring substituents is 1. The number of aryl methyl sites for hydroxylation is 1. The van der Waals surface area contributed by atoms with Crippen LogP contribution in [0.25, 0.3) is 0 Å². The Balaban J connectivity index is 2.13. The lowest BCUT2D eigenvalue weighted by Gasteiger charge is -2.13. The van der Waals surface area contributed by atoms with Gasteiger partial charge in [0.05, 0.1) is 21.9 Å². The van der Waals surface area contributed by atoms with E-state index in [9.17, 15) is 28.1 Å². The first-order chi connectivity index (χ1) is 11.2. The van der Waals surface area contributed by atoms with Gasteiger partial charge in [-0.25, -0.2) is 0 Å². The van der Waals surface area contributed by atoms with Gasteiger partial charge in [-0.05, 0) is 13.0 Å². The third kappa shape index (κ3) is 4.64. The molecule has 1 N–H and O–H groups in total. The minimum Gasteiger partial charge on any atom is -0.325 e. The second kappa shape index (κ2) is 7.13. The van der Waals surface area contributed by atoms with Gasteiger partial charge < -0.3 is 5.32 Å². The standard InChI is InChI=1S/C12H9F3N4O3S2/c1-6-17-18-11(24-6)23-5-10(20)16-9-3-2-7(19(21)22)4-8(9)12(13,14)15/h2-4H,5H2,1H3,(H,16,20). The molecule has 1 amide bonds. The summed E-state index contributed by atoms with van der Waals surface area (Å²) >= 11 is 2.29. The maximum Gasteiger partial charge on any atom is 0.418 e. The monoisotopic (exact) mass is 378 g/mol. The van der Waals surface area contributed by atoms with E-state index in [1.54, 1.807) is 6.92 Å². The second-order valence-electron chi connectivity index (χ2n) is 4.41. The third-order valence-corrected chi connectivity index (χ3v) is 4.60. The Morgan fingerprint density at radius 1 is 1.42 bits per heavy atom. The number of nitro groups is 1. The van der Waals surface area contributed by atoms with Crippen molar-refractivity contribution in [1.29, 1.82) is 0 Å². The number of rotatable bonds is 5. The van der Waals surface area contributed by atoms with Crippen LogP contribution in [0, 0.1) is 17.0 Å². The Hall–Kier alpha value is -2.21. The first-order valence-electron chi connectivity index (χ1n) is 6.25. The fourth-order valence-electron chi connectivity index (χ4n) is 1.64. The number of thioether (sulfide) groups is 1. The second-order valence-corrected chi connectivity index (χ2v) is 6.81. The van der Waals surface area contributed by atoms with Crippen LogP contribution in [-0.2, 0) is 11.0 Å². The lowest BCUT2D eigenvalue weighted by molar-refractivity contribution is -0.385. The molecule has 0 saturated heterocycles. The Bertz CT molecular complexity index is 779. The first kappa shape index (κ1) is 18.1. The molecular formula is C12H9F3N4O3S2. The van der Waals surface area contributed by atoms with Crippen molar-refractivity contribution in [2.75, 3.05) is 11.1 Å². The van der Waals surface area contributed by atoms with Crippen LogP contribution in [0.5, 0.6) is 0 Å². The highest BCUT2D eigenvalue weighted by Gasteiger charge is 2.35. The van der Waals surface area contributed by atoms with Gasteiger partial charge in [0.1, 0.15) is 5.01 Å². The number of aromatic nitrogens is 2.